The van der Waals surface area contributed by atoms with Gasteiger partial charge in [0, 0.05) is 6.04 Å². The maximum absolute atomic E-state index is 3.63. The number of nitrogens with one attached hydrogen (secondary N) is 1. The normalized spacial score (nSPS) is 19.0. The summed E-state index contributed by atoms with van der Waals surface area (Å²) < 4.78 is 0. The number of rotatable bonds is 6. The Hall–Kier alpha value is -0.860. The van der Waals surface area contributed by atoms with Gasteiger partial charge in [0.15, 0.2) is 0 Å². The van der Waals surface area contributed by atoms with Crippen molar-refractivity contribution in [2.45, 2.75) is 45.1 Å². The second kappa shape index (κ2) is 8.34. The summed E-state index contributed by atoms with van der Waals surface area (Å²) in [6.07, 6.45) is 6.84. The highest BCUT2D eigenvalue weighted by atomic mass is 15.1. The van der Waals surface area contributed by atoms with E-state index in [-0.39, 0.29) is 0 Å². The van der Waals surface area contributed by atoms with E-state index in [4.69, 9.17) is 0 Å². The third-order valence-corrected chi connectivity index (χ3v) is 4.09. The molecule has 0 radical (unpaired) electrons. The van der Waals surface area contributed by atoms with Crippen molar-refractivity contribution < 1.29 is 0 Å². The Kier molecular flexibility index (Phi) is 6.38. The SMILES string of the molecule is CCNC(CCN1CCCCCC1)c1ccccc1. The van der Waals surface area contributed by atoms with E-state index in [0.717, 1.165) is 6.54 Å². The van der Waals surface area contributed by atoms with Crippen molar-refractivity contribution in [3.63, 3.8) is 0 Å². The first-order valence-electron chi connectivity index (χ1n) is 7.91. The average Bonchev–Trinajstić information content (AvgIpc) is 2.73. The standard InChI is InChI=1S/C17H28N2/c1-2-18-17(16-10-6-5-7-11-16)12-15-19-13-8-3-4-9-14-19/h5-7,10-11,17-18H,2-4,8-9,12-15H2,1H3. The monoisotopic (exact) mass is 260 g/mol. The average molecular weight is 260 g/mol. The van der Waals surface area contributed by atoms with E-state index in [1.807, 2.05) is 0 Å². The van der Waals surface area contributed by atoms with E-state index >= 15 is 0 Å². The molecule has 0 amide bonds. The second-order valence-corrected chi connectivity index (χ2v) is 5.57. The molecule has 1 aromatic carbocycles. The van der Waals surface area contributed by atoms with Crippen molar-refractivity contribution in [1.29, 1.82) is 0 Å². The Balaban J connectivity index is 1.86. The van der Waals surface area contributed by atoms with Gasteiger partial charge in [-0.1, -0.05) is 50.1 Å². The summed E-state index contributed by atoms with van der Waals surface area (Å²) in [5.41, 5.74) is 1.43. The molecule has 2 nitrogen and oxygen atoms in total. The summed E-state index contributed by atoms with van der Waals surface area (Å²) in [4.78, 5) is 2.65. The van der Waals surface area contributed by atoms with Gasteiger partial charge in [0.2, 0.25) is 0 Å². The zero-order valence-electron chi connectivity index (χ0n) is 12.3. The van der Waals surface area contributed by atoms with E-state index in [1.165, 1.54) is 57.3 Å². The predicted octanol–water partition coefficient (Wildman–Crippen LogP) is 3.60. The summed E-state index contributed by atoms with van der Waals surface area (Å²) in [7, 11) is 0. The summed E-state index contributed by atoms with van der Waals surface area (Å²) in [5, 5.41) is 3.63. The fraction of sp³-hybridized carbons (Fsp3) is 0.647. The molecule has 1 fully saturated rings. The van der Waals surface area contributed by atoms with Crippen LogP contribution < -0.4 is 5.32 Å². The maximum atomic E-state index is 3.63. The number of hydrogen-bond donors (Lipinski definition) is 1. The van der Waals surface area contributed by atoms with Gasteiger partial charge in [0.1, 0.15) is 0 Å². The molecule has 1 aromatic rings. The highest BCUT2D eigenvalue weighted by Crippen LogP contribution is 2.18. The minimum atomic E-state index is 0.509. The van der Waals surface area contributed by atoms with Crippen LogP contribution in [0.1, 0.15) is 50.6 Å². The molecule has 1 atom stereocenters. The van der Waals surface area contributed by atoms with Crippen LogP contribution in [0.25, 0.3) is 0 Å². The first-order chi connectivity index (χ1) is 9.40. The molecular weight excluding hydrogens is 232 g/mol. The lowest BCUT2D eigenvalue weighted by Gasteiger charge is -2.24. The molecule has 1 unspecified atom stereocenters. The molecule has 0 aromatic heterocycles. The molecule has 19 heavy (non-hydrogen) atoms. The zero-order chi connectivity index (χ0) is 13.3. The minimum absolute atomic E-state index is 0.509. The zero-order valence-corrected chi connectivity index (χ0v) is 12.3. The molecule has 0 aliphatic carbocycles. The molecule has 2 heteroatoms. The van der Waals surface area contributed by atoms with E-state index < -0.39 is 0 Å². The Morgan fingerprint density at radius 3 is 2.37 bits per heavy atom. The molecule has 1 heterocycles. The van der Waals surface area contributed by atoms with Crippen molar-refractivity contribution in [1.82, 2.24) is 10.2 Å². The lowest BCUT2D eigenvalue weighted by Crippen LogP contribution is -2.30. The Bertz CT molecular complexity index is 328. The van der Waals surface area contributed by atoms with Crippen molar-refractivity contribution in [3.05, 3.63) is 35.9 Å². The molecule has 1 saturated heterocycles. The van der Waals surface area contributed by atoms with Gasteiger partial charge < -0.3 is 10.2 Å². The van der Waals surface area contributed by atoms with E-state index in [2.05, 4.69) is 47.5 Å². The van der Waals surface area contributed by atoms with E-state index in [0.29, 0.717) is 6.04 Å². The van der Waals surface area contributed by atoms with Gasteiger partial charge in [0.25, 0.3) is 0 Å². The van der Waals surface area contributed by atoms with Gasteiger partial charge in [-0.25, -0.2) is 0 Å². The van der Waals surface area contributed by atoms with Crippen LogP contribution in [0.3, 0.4) is 0 Å². The van der Waals surface area contributed by atoms with Crippen LogP contribution in [0.5, 0.6) is 0 Å². The quantitative estimate of drug-likeness (QED) is 0.840. The third-order valence-electron chi connectivity index (χ3n) is 4.09. The first-order valence-corrected chi connectivity index (χ1v) is 7.91. The third kappa shape index (κ3) is 4.96. The maximum Gasteiger partial charge on any atom is 0.0332 e. The van der Waals surface area contributed by atoms with Crippen LogP contribution in [0, 0.1) is 0 Å². The summed E-state index contributed by atoms with van der Waals surface area (Å²) >= 11 is 0. The van der Waals surface area contributed by atoms with Crippen molar-refractivity contribution in [3.8, 4) is 0 Å². The molecule has 0 spiro atoms. The number of benzene rings is 1. The van der Waals surface area contributed by atoms with Crippen molar-refractivity contribution in [2.24, 2.45) is 0 Å². The van der Waals surface area contributed by atoms with Gasteiger partial charge in [-0.3, -0.25) is 0 Å². The Morgan fingerprint density at radius 2 is 1.74 bits per heavy atom. The topological polar surface area (TPSA) is 15.3 Å². The van der Waals surface area contributed by atoms with Gasteiger partial charge in [-0.2, -0.15) is 0 Å². The molecule has 0 bridgehead atoms. The summed E-state index contributed by atoms with van der Waals surface area (Å²) in [6, 6.07) is 11.4. The Morgan fingerprint density at radius 1 is 1.05 bits per heavy atom. The number of nitrogens with zero attached hydrogens (tertiary/aromatic N) is 1. The molecule has 0 saturated carbocycles. The van der Waals surface area contributed by atoms with Crippen LogP contribution in [0.4, 0.5) is 0 Å². The number of hydrogen-bond acceptors (Lipinski definition) is 2. The molecule has 1 N–H and O–H groups in total. The fourth-order valence-corrected chi connectivity index (χ4v) is 2.99. The Labute approximate surface area is 118 Å². The van der Waals surface area contributed by atoms with Crippen LogP contribution in [0.2, 0.25) is 0 Å². The fourth-order valence-electron chi connectivity index (χ4n) is 2.99. The first kappa shape index (κ1) is 14.5. The lowest BCUT2D eigenvalue weighted by molar-refractivity contribution is 0.266. The van der Waals surface area contributed by atoms with Gasteiger partial charge in [-0.15, -0.1) is 0 Å². The highest BCUT2D eigenvalue weighted by molar-refractivity contribution is 5.18. The molecule has 106 valence electrons. The van der Waals surface area contributed by atoms with E-state index in [1.54, 1.807) is 0 Å². The molecule has 1 aliphatic rings. The van der Waals surface area contributed by atoms with Crippen molar-refractivity contribution >= 4 is 0 Å². The van der Waals surface area contributed by atoms with Gasteiger partial charge in [-0.05, 0) is 51.0 Å². The lowest BCUT2D eigenvalue weighted by atomic mass is 10.0. The molecular formula is C17H28N2. The summed E-state index contributed by atoms with van der Waals surface area (Å²) in [6.45, 7) is 7.06. The second-order valence-electron chi connectivity index (χ2n) is 5.57. The van der Waals surface area contributed by atoms with Crippen LogP contribution in [0.15, 0.2) is 30.3 Å². The smallest absolute Gasteiger partial charge is 0.0332 e. The largest absolute Gasteiger partial charge is 0.310 e. The number of likely N-dealkylation sites (tertiary alicyclic amines) is 1. The predicted molar refractivity (Wildman–Crippen MR) is 82.4 cm³/mol. The molecule has 2 rings (SSSR count). The molecule has 1 aliphatic heterocycles. The van der Waals surface area contributed by atoms with Crippen molar-refractivity contribution in [2.75, 3.05) is 26.2 Å². The highest BCUT2D eigenvalue weighted by Gasteiger charge is 2.13. The van der Waals surface area contributed by atoms with E-state index in [9.17, 15) is 0 Å². The van der Waals surface area contributed by atoms with Gasteiger partial charge >= 0.3 is 0 Å². The van der Waals surface area contributed by atoms with Gasteiger partial charge in [0.05, 0.1) is 0 Å². The van der Waals surface area contributed by atoms with Crippen LogP contribution in [-0.2, 0) is 0 Å². The summed E-state index contributed by atoms with van der Waals surface area (Å²) in [5.74, 6) is 0. The van der Waals surface area contributed by atoms with Crippen LogP contribution in [-0.4, -0.2) is 31.1 Å². The van der Waals surface area contributed by atoms with Crippen LogP contribution >= 0.6 is 0 Å². The minimum Gasteiger partial charge on any atom is -0.310 e.